The van der Waals surface area contributed by atoms with Crippen LogP contribution in [0.4, 0.5) is 5.82 Å². The molecule has 2 aliphatic heterocycles. The lowest BCUT2D eigenvalue weighted by Crippen LogP contribution is -2.43. The zero-order valence-electron chi connectivity index (χ0n) is 16.8. The van der Waals surface area contributed by atoms with Crippen LogP contribution in [0.3, 0.4) is 0 Å². The zero-order valence-corrected chi connectivity index (χ0v) is 16.8. The molecule has 2 fully saturated rings. The first-order valence-corrected chi connectivity index (χ1v) is 10.8. The van der Waals surface area contributed by atoms with Gasteiger partial charge in [0.25, 0.3) is 5.91 Å². The summed E-state index contributed by atoms with van der Waals surface area (Å²) >= 11 is 0. The number of nitrogens with zero attached hydrogens (tertiary/aromatic N) is 4. The summed E-state index contributed by atoms with van der Waals surface area (Å²) in [4.78, 5) is 27.3. The number of rotatable bonds is 4. The van der Waals surface area contributed by atoms with E-state index in [1.165, 1.54) is 25.7 Å². The van der Waals surface area contributed by atoms with E-state index in [4.69, 9.17) is 9.97 Å². The predicted molar refractivity (Wildman–Crippen MR) is 112 cm³/mol. The minimum Gasteiger partial charge on any atom is -0.356 e. The molecule has 2 saturated heterocycles. The van der Waals surface area contributed by atoms with Crippen LogP contribution in [-0.4, -0.2) is 46.5 Å². The Morgan fingerprint density at radius 2 is 1.75 bits per heavy atom. The van der Waals surface area contributed by atoms with Gasteiger partial charge in [-0.1, -0.05) is 37.3 Å². The Bertz CT molecular complexity index is 802. The van der Waals surface area contributed by atoms with Crippen LogP contribution in [0.2, 0.25) is 0 Å². The van der Waals surface area contributed by atoms with Gasteiger partial charge in [0.2, 0.25) is 0 Å². The second-order valence-corrected chi connectivity index (χ2v) is 7.91. The summed E-state index contributed by atoms with van der Waals surface area (Å²) in [6.07, 6.45) is 8.01. The first-order chi connectivity index (χ1) is 13.8. The van der Waals surface area contributed by atoms with Gasteiger partial charge in [0.1, 0.15) is 11.5 Å². The van der Waals surface area contributed by atoms with Crippen molar-refractivity contribution in [2.24, 2.45) is 0 Å². The van der Waals surface area contributed by atoms with Gasteiger partial charge >= 0.3 is 0 Å². The highest BCUT2D eigenvalue weighted by atomic mass is 16.2. The van der Waals surface area contributed by atoms with Crippen LogP contribution >= 0.6 is 0 Å². The minimum absolute atomic E-state index is 0.0596. The summed E-state index contributed by atoms with van der Waals surface area (Å²) in [7, 11) is 0. The molecule has 1 aromatic carbocycles. The molecular formula is C23H30N4O. The van der Waals surface area contributed by atoms with E-state index in [1.54, 1.807) is 0 Å². The molecule has 4 rings (SSSR count). The lowest BCUT2D eigenvalue weighted by atomic mass is 9.99. The number of hydrogen-bond acceptors (Lipinski definition) is 4. The summed E-state index contributed by atoms with van der Waals surface area (Å²) in [6.45, 7) is 5.01. The minimum atomic E-state index is 0.0596. The Morgan fingerprint density at radius 1 is 1.00 bits per heavy atom. The molecule has 2 aliphatic rings. The van der Waals surface area contributed by atoms with Crippen molar-refractivity contribution in [2.75, 3.05) is 24.5 Å². The summed E-state index contributed by atoms with van der Waals surface area (Å²) < 4.78 is 0. The molecule has 1 aromatic heterocycles. The van der Waals surface area contributed by atoms with Crippen LogP contribution in [0, 0.1) is 0 Å². The van der Waals surface area contributed by atoms with E-state index in [-0.39, 0.29) is 5.91 Å². The fourth-order valence-corrected chi connectivity index (χ4v) is 4.38. The average molecular weight is 379 g/mol. The van der Waals surface area contributed by atoms with E-state index < -0.39 is 0 Å². The molecule has 0 aliphatic carbocycles. The number of piperidine rings is 2. The van der Waals surface area contributed by atoms with Gasteiger partial charge in [-0.05, 0) is 44.9 Å². The highest BCUT2D eigenvalue weighted by Gasteiger charge is 2.28. The molecule has 0 radical (unpaired) electrons. The van der Waals surface area contributed by atoms with Crippen molar-refractivity contribution >= 4 is 11.7 Å². The lowest BCUT2D eigenvalue weighted by molar-refractivity contribution is 0.0602. The molecular weight excluding hydrogens is 348 g/mol. The highest BCUT2D eigenvalue weighted by molar-refractivity contribution is 5.93. The quantitative estimate of drug-likeness (QED) is 0.784. The maximum absolute atomic E-state index is 13.4. The third-order valence-corrected chi connectivity index (χ3v) is 6.00. The SMILES string of the molecule is CCC1CCCCN1C(=O)c1cc(N2CCCCC2)nc(-c2ccccc2)n1. The van der Waals surface area contributed by atoms with E-state index in [1.807, 2.05) is 41.3 Å². The van der Waals surface area contributed by atoms with Crippen LogP contribution in [0.1, 0.15) is 62.4 Å². The number of hydrogen-bond donors (Lipinski definition) is 0. The lowest BCUT2D eigenvalue weighted by Gasteiger charge is -2.35. The Labute approximate surface area is 167 Å². The monoisotopic (exact) mass is 378 g/mol. The second kappa shape index (κ2) is 8.72. The van der Waals surface area contributed by atoms with Crippen LogP contribution < -0.4 is 4.90 Å². The first kappa shape index (κ1) is 18.9. The largest absolute Gasteiger partial charge is 0.356 e. The van der Waals surface area contributed by atoms with Gasteiger partial charge in [0, 0.05) is 37.3 Å². The number of benzene rings is 1. The van der Waals surface area contributed by atoms with Crippen molar-refractivity contribution in [3.8, 4) is 11.4 Å². The molecule has 3 heterocycles. The number of carbonyl (C=O) groups is 1. The molecule has 1 unspecified atom stereocenters. The van der Waals surface area contributed by atoms with E-state index in [9.17, 15) is 4.79 Å². The fourth-order valence-electron chi connectivity index (χ4n) is 4.38. The van der Waals surface area contributed by atoms with Gasteiger partial charge in [-0.2, -0.15) is 0 Å². The number of amides is 1. The van der Waals surface area contributed by atoms with Gasteiger partial charge in [-0.25, -0.2) is 9.97 Å². The first-order valence-electron chi connectivity index (χ1n) is 10.8. The number of carbonyl (C=O) groups excluding carboxylic acids is 1. The molecule has 1 atom stereocenters. The number of aromatic nitrogens is 2. The Morgan fingerprint density at radius 3 is 2.50 bits per heavy atom. The topological polar surface area (TPSA) is 49.3 Å². The van der Waals surface area contributed by atoms with Crippen LogP contribution in [0.15, 0.2) is 36.4 Å². The van der Waals surface area contributed by atoms with E-state index >= 15 is 0 Å². The van der Waals surface area contributed by atoms with Crippen molar-refractivity contribution in [1.82, 2.24) is 14.9 Å². The summed E-state index contributed by atoms with van der Waals surface area (Å²) in [6, 6.07) is 12.2. The Kier molecular flexibility index (Phi) is 5.89. The van der Waals surface area contributed by atoms with E-state index in [0.29, 0.717) is 17.6 Å². The average Bonchev–Trinajstić information content (AvgIpc) is 2.79. The number of likely N-dealkylation sites (tertiary alicyclic amines) is 1. The van der Waals surface area contributed by atoms with Crippen LogP contribution in [0.25, 0.3) is 11.4 Å². The molecule has 0 saturated carbocycles. The van der Waals surface area contributed by atoms with Crippen LogP contribution in [0.5, 0.6) is 0 Å². The Balaban J connectivity index is 1.71. The summed E-state index contributed by atoms with van der Waals surface area (Å²) in [5.41, 5.74) is 1.50. The summed E-state index contributed by atoms with van der Waals surface area (Å²) in [5, 5.41) is 0. The standard InChI is InChI=1S/C23H30N4O/c1-2-19-13-7-10-16-27(19)23(28)20-17-21(26-14-8-4-9-15-26)25-22(24-20)18-11-5-3-6-12-18/h3,5-6,11-12,17,19H,2,4,7-10,13-16H2,1H3. The highest BCUT2D eigenvalue weighted by Crippen LogP contribution is 2.26. The molecule has 0 bridgehead atoms. The maximum Gasteiger partial charge on any atom is 0.272 e. The maximum atomic E-state index is 13.4. The van der Waals surface area contributed by atoms with Crippen molar-refractivity contribution in [3.63, 3.8) is 0 Å². The normalized spacial score (nSPS) is 20.2. The van der Waals surface area contributed by atoms with Gasteiger partial charge < -0.3 is 9.80 Å². The third-order valence-electron chi connectivity index (χ3n) is 6.00. The molecule has 0 N–H and O–H groups in total. The smallest absolute Gasteiger partial charge is 0.272 e. The third kappa shape index (κ3) is 4.03. The molecule has 1 amide bonds. The predicted octanol–water partition coefficient (Wildman–Crippen LogP) is 4.54. The fraction of sp³-hybridized carbons (Fsp3) is 0.522. The molecule has 5 nitrogen and oxygen atoms in total. The van der Waals surface area contributed by atoms with E-state index in [0.717, 1.165) is 50.3 Å². The van der Waals surface area contributed by atoms with Crippen molar-refractivity contribution < 1.29 is 4.79 Å². The Hall–Kier alpha value is -2.43. The molecule has 148 valence electrons. The van der Waals surface area contributed by atoms with Crippen molar-refractivity contribution in [1.29, 1.82) is 0 Å². The second-order valence-electron chi connectivity index (χ2n) is 7.91. The van der Waals surface area contributed by atoms with Gasteiger partial charge in [0.15, 0.2) is 5.82 Å². The van der Waals surface area contributed by atoms with E-state index in [2.05, 4.69) is 11.8 Å². The molecule has 5 heteroatoms. The molecule has 2 aromatic rings. The van der Waals surface area contributed by atoms with Gasteiger partial charge in [-0.15, -0.1) is 0 Å². The zero-order chi connectivity index (χ0) is 19.3. The van der Waals surface area contributed by atoms with Crippen LogP contribution in [-0.2, 0) is 0 Å². The molecule has 0 spiro atoms. The number of anilines is 1. The summed E-state index contributed by atoms with van der Waals surface area (Å²) in [5.74, 6) is 1.60. The van der Waals surface area contributed by atoms with Crippen molar-refractivity contribution in [2.45, 2.75) is 57.9 Å². The van der Waals surface area contributed by atoms with Crippen molar-refractivity contribution in [3.05, 3.63) is 42.1 Å². The molecule has 28 heavy (non-hydrogen) atoms. The van der Waals surface area contributed by atoms with Gasteiger partial charge in [-0.3, -0.25) is 4.79 Å². The van der Waals surface area contributed by atoms with Gasteiger partial charge in [0.05, 0.1) is 0 Å².